The molecular formula is C27H52O6. The Morgan fingerprint density at radius 2 is 1.18 bits per heavy atom. The van der Waals surface area contributed by atoms with Gasteiger partial charge in [0.25, 0.3) is 0 Å². The van der Waals surface area contributed by atoms with Gasteiger partial charge in [0, 0.05) is 6.42 Å². The molecule has 6 heteroatoms. The Bertz CT molecular complexity index is 456. The molecule has 0 amide bonds. The third-order valence-electron chi connectivity index (χ3n) is 6.76. The molecule has 0 saturated carbocycles. The quantitative estimate of drug-likeness (QED) is 0.152. The van der Waals surface area contributed by atoms with Crippen molar-refractivity contribution in [2.24, 2.45) is 0 Å². The Morgan fingerprint density at radius 1 is 0.758 bits per heavy atom. The van der Waals surface area contributed by atoms with Gasteiger partial charge in [0.15, 0.2) is 6.10 Å². The van der Waals surface area contributed by atoms with E-state index in [9.17, 15) is 20.1 Å². The van der Waals surface area contributed by atoms with Crippen molar-refractivity contribution in [2.75, 3.05) is 13.2 Å². The Morgan fingerprint density at radius 3 is 1.61 bits per heavy atom. The standard InChI is InChI=1S/C27H52O6/c1-2-3-4-5-6-7-8-9-10-11-12-13-14-15-16-17-18-19-20-25(30)33-27-24(21-28)32-22-23(29)26(27)31/h23-24,26-29,31H,2-22H2,1H3/t23-,24-,26-,27-/m1/s1. The summed E-state index contributed by atoms with van der Waals surface area (Å²) in [7, 11) is 0. The number of carbonyl (C=O) groups excluding carboxylic acids is 1. The van der Waals surface area contributed by atoms with Gasteiger partial charge in [0.2, 0.25) is 0 Å². The van der Waals surface area contributed by atoms with Gasteiger partial charge in [-0.05, 0) is 6.42 Å². The van der Waals surface area contributed by atoms with Crippen LogP contribution in [-0.2, 0) is 14.3 Å². The molecule has 0 aromatic heterocycles. The summed E-state index contributed by atoms with van der Waals surface area (Å²) < 4.78 is 10.5. The van der Waals surface area contributed by atoms with Crippen LogP contribution >= 0.6 is 0 Å². The molecule has 0 aliphatic carbocycles. The maximum atomic E-state index is 12.0. The van der Waals surface area contributed by atoms with E-state index in [-0.39, 0.29) is 19.6 Å². The topological polar surface area (TPSA) is 96.2 Å². The molecule has 0 bridgehead atoms. The summed E-state index contributed by atoms with van der Waals surface area (Å²) in [6.45, 7) is 1.84. The minimum absolute atomic E-state index is 0.0697. The third-order valence-corrected chi connectivity index (χ3v) is 6.76. The van der Waals surface area contributed by atoms with E-state index in [0.717, 1.165) is 19.3 Å². The highest BCUT2D eigenvalue weighted by atomic mass is 16.6. The lowest BCUT2D eigenvalue weighted by Gasteiger charge is -2.36. The van der Waals surface area contributed by atoms with Gasteiger partial charge in [-0.3, -0.25) is 4.79 Å². The normalized spacial score (nSPS) is 23.0. The fourth-order valence-electron chi connectivity index (χ4n) is 4.54. The Hall–Kier alpha value is -0.690. The Balaban J connectivity index is 1.86. The first-order valence-corrected chi connectivity index (χ1v) is 13.9. The molecule has 6 nitrogen and oxygen atoms in total. The number of rotatable bonds is 21. The van der Waals surface area contributed by atoms with E-state index in [1.54, 1.807) is 0 Å². The van der Waals surface area contributed by atoms with Crippen LogP contribution in [0.4, 0.5) is 0 Å². The second-order valence-corrected chi connectivity index (χ2v) is 9.83. The summed E-state index contributed by atoms with van der Waals surface area (Å²) in [5, 5.41) is 29.0. The van der Waals surface area contributed by atoms with Gasteiger partial charge < -0.3 is 24.8 Å². The van der Waals surface area contributed by atoms with E-state index in [1.807, 2.05) is 0 Å². The number of aliphatic hydroxyl groups is 3. The summed E-state index contributed by atoms with van der Waals surface area (Å²) in [5.74, 6) is -0.410. The van der Waals surface area contributed by atoms with Gasteiger partial charge in [-0.25, -0.2) is 0 Å². The molecule has 0 spiro atoms. The van der Waals surface area contributed by atoms with Gasteiger partial charge in [-0.15, -0.1) is 0 Å². The number of carbonyl (C=O) groups is 1. The van der Waals surface area contributed by atoms with Crippen LogP contribution in [0.15, 0.2) is 0 Å². The largest absolute Gasteiger partial charge is 0.457 e. The average molecular weight is 473 g/mol. The maximum Gasteiger partial charge on any atom is 0.306 e. The predicted octanol–water partition coefficient (Wildman–Crippen LogP) is 5.44. The van der Waals surface area contributed by atoms with Gasteiger partial charge >= 0.3 is 5.97 Å². The molecular weight excluding hydrogens is 420 g/mol. The second-order valence-electron chi connectivity index (χ2n) is 9.83. The van der Waals surface area contributed by atoms with E-state index in [1.165, 1.54) is 96.3 Å². The highest BCUT2D eigenvalue weighted by molar-refractivity contribution is 5.69. The number of hydrogen-bond donors (Lipinski definition) is 3. The van der Waals surface area contributed by atoms with Crippen LogP contribution in [0.25, 0.3) is 0 Å². The van der Waals surface area contributed by atoms with E-state index in [2.05, 4.69) is 6.92 Å². The predicted molar refractivity (Wildman–Crippen MR) is 132 cm³/mol. The number of ether oxygens (including phenoxy) is 2. The van der Waals surface area contributed by atoms with Crippen LogP contribution in [0.1, 0.15) is 129 Å². The fraction of sp³-hybridized carbons (Fsp3) is 0.963. The van der Waals surface area contributed by atoms with Crippen LogP contribution in [0.2, 0.25) is 0 Å². The van der Waals surface area contributed by atoms with Crippen molar-refractivity contribution in [1.82, 2.24) is 0 Å². The maximum absolute atomic E-state index is 12.0. The van der Waals surface area contributed by atoms with Crippen molar-refractivity contribution < 1.29 is 29.6 Å². The second kappa shape index (κ2) is 20.7. The molecule has 3 N–H and O–H groups in total. The van der Waals surface area contributed by atoms with Crippen molar-refractivity contribution in [1.29, 1.82) is 0 Å². The highest BCUT2D eigenvalue weighted by Crippen LogP contribution is 2.20. The number of unbranched alkanes of at least 4 members (excludes halogenated alkanes) is 17. The van der Waals surface area contributed by atoms with E-state index >= 15 is 0 Å². The summed E-state index contributed by atoms with van der Waals surface area (Å²) in [6.07, 6.45) is 19.5. The zero-order valence-corrected chi connectivity index (χ0v) is 21.2. The minimum atomic E-state index is -1.22. The molecule has 1 fully saturated rings. The molecule has 196 valence electrons. The minimum Gasteiger partial charge on any atom is -0.457 e. The average Bonchev–Trinajstić information content (AvgIpc) is 2.81. The van der Waals surface area contributed by atoms with Crippen molar-refractivity contribution in [3.05, 3.63) is 0 Å². The molecule has 1 aliphatic heterocycles. The van der Waals surface area contributed by atoms with Gasteiger partial charge in [0.05, 0.1) is 13.2 Å². The van der Waals surface area contributed by atoms with Crippen LogP contribution in [0.3, 0.4) is 0 Å². The Labute approximate surface area is 202 Å². The first-order valence-electron chi connectivity index (χ1n) is 13.9. The van der Waals surface area contributed by atoms with Crippen molar-refractivity contribution in [2.45, 2.75) is 153 Å². The SMILES string of the molecule is CCCCCCCCCCCCCCCCCCCCC(=O)O[C@H]1[C@H](O)[C@H](O)CO[C@@H]1CO. The van der Waals surface area contributed by atoms with Crippen LogP contribution in [0.5, 0.6) is 0 Å². The van der Waals surface area contributed by atoms with Gasteiger partial charge in [-0.1, -0.05) is 116 Å². The first kappa shape index (κ1) is 30.3. The molecule has 0 radical (unpaired) electrons. The number of aliphatic hydroxyl groups excluding tert-OH is 3. The molecule has 1 aliphatic rings. The summed E-state index contributed by atoms with van der Waals surface area (Å²) in [5.41, 5.74) is 0. The molecule has 33 heavy (non-hydrogen) atoms. The zero-order chi connectivity index (χ0) is 24.2. The summed E-state index contributed by atoms with van der Waals surface area (Å²) >= 11 is 0. The summed E-state index contributed by atoms with van der Waals surface area (Å²) in [6, 6.07) is 0. The molecule has 1 heterocycles. The lowest BCUT2D eigenvalue weighted by Crippen LogP contribution is -2.55. The fourth-order valence-corrected chi connectivity index (χ4v) is 4.54. The van der Waals surface area contributed by atoms with Crippen molar-refractivity contribution in [3.8, 4) is 0 Å². The molecule has 1 saturated heterocycles. The van der Waals surface area contributed by atoms with Crippen molar-refractivity contribution in [3.63, 3.8) is 0 Å². The monoisotopic (exact) mass is 472 g/mol. The van der Waals surface area contributed by atoms with Crippen LogP contribution in [0, 0.1) is 0 Å². The lowest BCUT2D eigenvalue weighted by atomic mass is 10.00. The molecule has 0 unspecified atom stereocenters. The Kier molecular flexibility index (Phi) is 19.0. The molecule has 1 rings (SSSR count). The number of esters is 1. The lowest BCUT2D eigenvalue weighted by molar-refractivity contribution is -0.213. The van der Waals surface area contributed by atoms with E-state index in [0.29, 0.717) is 0 Å². The first-order chi connectivity index (χ1) is 16.1. The van der Waals surface area contributed by atoms with Crippen molar-refractivity contribution >= 4 is 5.97 Å². The van der Waals surface area contributed by atoms with Crippen LogP contribution in [-0.4, -0.2) is 58.9 Å². The number of hydrogen-bond acceptors (Lipinski definition) is 6. The van der Waals surface area contributed by atoms with Gasteiger partial charge in [0.1, 0.15) is 18.3 Å². The third kappa shape index (κ3) is 15.0. The molecule has 4 atom stereocenters. The zero-order valence-electron chi connectivity index (χ0n) is 21.2. The highest BCUT2D eigenvalue weighted by Gasteiger charge is 2.41. The smallest absolute Gasteiger partial charge is 0.306 e. The molecule has 0 aromatic carbocycles. The van der Waals surface area contributed by atoms with E-state index < -0.39 is 30.4 Å². The van der Waals surface area contributed by atoms with E-state index in [4.69, 9.17) is 9.47 Å². The summed E-state index contributed by atoms with van der Waals surface area (Å²) in [4.78, 5) is 12.0. The van der Waals surface area contributed by atoms with Gasteiger partial charge in [-0.2, -0.15) is 0 Å². The van der Waals surface area contributed by atoms with Crippen LogP contribution < -0.4 is 0 Å². The molecule has 0 aromatic rings.